The number of aromatic nitrogens is 1. The van der Waals surface area contributed by atoms with Gasteiger partial charge in [-0.25, -0.2) is 8.42 Å². The van der Waals surface area contributed by atoms with E-state index in [-0.39, 0.29) is 5.75 Å². The maximum atomic E-state index is 11.7. The van der Waals surface area contributed by atoms with Crippen LogP contribution in [-0.2, 0) is 16.3 Å². The van der Waals surface area contributed by atoms with Crippen molar-refractivity contribution >= 4 is 26.9 Å². The molecule has 1 aromatic heterocycles. The summed E-state index contributed by atoms with van der Waals surface area (Å²) in [5.41, 5.74) is 2.35. The fraction of sp³-hybridized carbons (Fsp3) is 0.444. The number of benzene rings is 1. The van der Waals surface area contributed by atoms with Gasteiger partial charge in [-0.1, -0.05) is 25.1 Å². The Labute approximate surface area is 138 Å². The van der Waals surface area contributed by atoms with Gasteiger partial charge < -0.3 is 9.47 Å². The van der Waals surface area contributed by atoms with Crippen molar-refractivity contribution in [3.8, 4) is 0 Å². The molecule has 2 heterocycles. The molecule has 1 fully saturated rings. The van der Waals surface area contributed by atoms with Crippen molar-refractivity contribution in [1.82, 2.24) is 9.47 Å². The molecule has 0 saturated carbocycles. The maximum absolute atomic E-state index is 11.7. The van der Waals surface area contributed by atoms with E-state index in [9.17, 15) is 8.42 Å². The van der Waals surface area contributed by atoms with Gasteiger partial charge in [-0.2, -0.15) is 0 Å². The lowest BCUT2D eigenvalue weighted by atomic mass is 10.0. The van der Waals surface area contributed by atoms with Crippen molar-refractivity contribution in [1.29, 1.82) is 0 Å². The third-order valence-corrected chi connectivity index (χ3v) is 6.12. The van der Waals surface area contributed by atoms with E-state index < -0.39 is 9.84 Å². The van der Waals surface area contributed by atoms with Gasteiger partial charge in [0.15, 0.2) is 9.84 Å². The minimum Gasteiger partial charge on any atom is -0.322 e. The van der Waals surface area contributed by atoms with Crippen LogP contribution in [-0.4, -0.2) is 43.3 Å². The SMILES string of the molecule is CCS(=O)(=O)C=Cn1cc(CC2CCCN2C)c2ccccc21. The molecule has 0 N–H and O–H groups in total. The number of sulfone groups is 1. The first-order valence-corrected chi connectivity index (χ1v) is 9.91. The fourth-order valence-electron chi connectivity index (χ4n) is 3.31. The average molecular weight is 332 g/mol. The number of para-hydroxylation sites is 1. The zero-order valence-corrected chi connectivity index (χ0v) is 14.6. The molecule has 0 aliphatic carbocycles. The number of hydrogen-bond donors (Lipinski definition) is 0. The molecule has 2 aromatic rings. The molecule has 4 nitrogen and oxygen atoms in total. The number of rotatable bonds is 5. The Kier molecular flexibility index (Phi) is 4.60. The van der Waals surface area contributed by atoms with Gasteiger partial charge >= 0.3 is 0 Å². The second-order valence-electron chi connectivity index (χ2n) is 6.30. The van der Waals surface area contributed by atoms with Crippen LogP contribution in [0.15, 0.2) is 35.9 Å². The van der Waals surface area contributed by atoms with Crippen molar-refractivity contribution in [2.24, 2.45) is 0 Å². The van der Waals surface area contributed by atoms with Crippen LogP contribution in [0.2, 0.25) is 0 Å². The lowest BCUT2D eigenvalue weighted by molar-refractivity contribution is 0.310. The van der Waals surface area contributed by atoms with Gasteiger partial charge in [-0.15, -0.1) is 0 Å². The van der Waals surface area contributed by atoms with Gasteiger partial charge in [0.05, 0.1) is 11.3 Å². The first-order chi connectivity index (χ1) is 11.0. The average Bonchev–Trinajstić information content (AvgIpc) is 3.11. The molecule has 1 aliphatic heterocycles. The normalized spacial score (nSPS) is 20.0. The van der Waals surface area contributed by atoms with Crippen LogP contribution in [0.3, 0.4) is 0 Å². The van der Waals surface area contributed by atoms with Gasteiger partial charge in [-0.3, -0.25) is 0 Å². The summed E-state index contributed by atoms with van der Waals surface area (Å²) < 4.78 is 25.4. The van der Waals surface area contributed by atoms with E-state index in [0.717, 1.165) is 18.5 Å². The lowest BCUT2D eigenvalue weighted by Crippen LogP contribution is -2.26. The number of likely N-dealkylation sites (N-methyl/N-ethyl adjacent to an activating group) is 1. The second-order valence-corrected chi connectivity index (χ2v) is 8.47. The molecular formula is C18H24N2O2S. The molecule has 1 aromatic carbocycles. The van der Waals surface area contributed by atoms with Gasteiger partial charge in [0.25, 0.3) is 0 Å². The Morgan fingerprint density at radius 2 is 2.09 bits per heavy atom. The topological polar surface area (TPSA) is 42.3 Å². The van der Waals surface area contributed by atoms with Crippen LogP contribution in [0.4, 0.5) is 0 Å². The fourth-order valence-corrected chi connectivity index (χ4v) is 3.82. The number of likely N-dealkylation sites (tertiary alicyclic amines) is 1. The maximum Gasteiger partial charge on any atom is 0.172 e. The largest absolute Gasteiger partial charge is 0.322 e. The number of fused-ring (bicyclic) bond motifs is 1. The molecule has 124 valence electrons. The Morgan fingerprint density at radius 3 is 2.78 bits per heavy atom. The van der Waals surface area contributed by atoms with Gasteiger partial charge in [0.2, 0.25) is 0 Å². The molecule has 0 radical (unpaired) electrons. The summed E-state index contributed by atoms with van der Waals surface area (Å²) in [6, 6.07) is 8.78. The van der Waals surface area contributed by atoms with Crippen molar-refractivity contribution in [3.63, 3.8) is 0 Å². The monoisotopic (exact) mass is 332 g/mol. The molecule has 5 heteroatoms. The minimum atomic E-state index is -3.12. The summed E-state index contributed by atoms with van der Waals surface area (Å²) >= 11 is 0. The predicted octanol–water partition coefficient (Wildman–Crippen LogP) is 3.14. The Hall–Kier alpha value is -1.59. The van der Waals surface area contributed by atoms with Crippen molar-refractivity contribution in [2.45, 2.75) is 32.2 Å². The highest BCUT2D eigenvalue weighted by molar-refractivity contribution is 7.94. The Balaban J connectivity index is 1.97. The van der Waals surface area contributed by atoms with E-state index in [0.29, 0.717) is 6.04 Å². The minimum absolute atomic E-state index is 0.127. The molecule has 1 aliphatic rings. The van der Waals surface area contributed by atoms with Crippen LogP contribution in [0.25, 0.3) is 17.1 Å². The molecule has 23 heavy (non-hydrogen) atoms. The number of hydrogen-bond acceptors (Lipinski definition) is 3. The van der Waals surface area contributed by atoms with E-state index in [1.807, 2.05) is 22.8 Å². The summed E-state index contributed by atoms with van der Waals surface area (Å²) in [7, 11) is -0.933. The van der Waals surface area contributed by atoms with Crippen molar-refractivity contribution < 1.29 is 8.42 Å². The first-order valence-electron chi connectivity index (χ1n) is 8.20. The van der Waals surface area contributed by atoms with Crippen LogP contribution < -0.4 is 0 Å². The Morgan fingerprint density at radius 1 is 1.30 bits per heavy atom. The molecule has 1 atom stereocenters. The van der Waals surface area contributed by atoms with E-state index in [4.69, 9.17) is 0 Å². The summed E-state index contributed by atoms with van der Waals surface area (Å²) in [6.45, 7) is 2.83. The van der Waals surface area contributed by atoms with E-state index in [1.54, 1.807) is 13.1 Å². The predicted molar refractivity (Wildman–Crippen MR) is 96.1 cm³/mol. The summed E-state index contributed by atoms with van der Waals surface area (Å²) in [5.74, 6) is 0.127. The Bertz CT molecular complexity index is 821. The smallest absolute Gasteiger partial charge is 0.172 e. The van der Waals surface area contributed by atoms with E-state index >= 15 is 0 Å². The number of nitrogens with zero attached hydrogens (tertiary/aromatic N) is 2. The zero-order chi connectivity index (χ0) is 16.4. The first kappa shape index (κ1) is 16.3. The lowest BCUT2D eigenvalue weighted by Gasteiger charge is -2.18. The molecule has 3 rings (SSSR count). The van der Waals surface area contributed by atoms with Crippen LogP contribution in [0, 0.1) is 0 Å². The molecule has 1 unspecified atom stereocenters. The highest BCUT2D eigenvalue weighted by Gasteiger charge is 2.22. The molecule has 1 saturated heterocycles. The quantitative estimate of drug-likeness (QED) is 0.845. The third kappa shape index (κ3) is 3.51. The second kappa shape index (κ2) is 6.49. The van der Waals surface area contributed by atoms with Crippen molar-refractivity contribution in [3.05, 3.63) is 41.4 Å². The van der Waals surface area contributed by atoms with E-state index in [1.165, 1.54) is 29.2 Å². The molecule has 0 amide bonds. The zero-order valence-electron chi connectivity index (χ0n) is 13.8. The van der Waals surface area contributed by atoms with Crippen LogP contribution >= 0.6 is 0 Å². The summed E-state index contributed by atoms with van der Waals surface area (Å²) in [4.78, 5) is 2.42. The van der Waals surface area contributed by atoms with Gasteiger partial charge in [-0.05, 0) is 44.5 Å². The summed E-state index contributed by atoms with van der Waals surface area (Å²) in [6.07, 6.45) is 7.25. The standard InChI is InChI=1S/C18H24N2O2S/c1-3-23(21,22)12-11-20-14-15(13-16-7-6-10-19(16)2)17-8-4-5-9-18(17)20/h4-5,8-9,11-12,14,16H,3,6-7,10,13H2,1-2H3. The highest BCUT2D eigenvalue weighted by Crippen LogP contribution is 2.26. The van der Waals surface area contributed by atoms with Gasteiger partial charge in [0, 0.05) is 29.2 Å². The summed E-state index contributed by atoms with van der Waals surface area (Å²) in [5, 5.41) is 2.52. The van der Waals surface area contributed by atoms with Crippen LogP contribution in [0.5, 0.6) is 0 Å². The highest BCUT2D eigenvalue weighted by atomic mass is 32.2. The third-order valence-electron chi connectivity index (χ3n) is 4.78. The van der Waals surface area contributed by atoms with E-state index in [2.05, 4.69) is 24.2 Å². The molecular weight excluding hydrogens is 308 g/mol. The van der Waals surface area contributed by atoms with Crippen molar-refractivity contribution in [2.75, 3.05) is 19.3 Å². The van der Waals surface area contributed by atoms with Crippen LogP contribution in [0.1, 0.15) is 25.3 Å². The van der Waals surface area contributed by atoms with Gasteiger partial charge in [0.1, 0.15) is 0 Å². The molecule has 0 spiro atoms. The molecule has 0 bridgehead atoms.